The number of hydroxylamine groups is 1. The molecular formula is C6H6N2OS. The Morgan fingerprint density at radius 1 is 1.70 bits per heavy atom. The van der Waals surface area contributed by atoms with Crippen LogP contribution in [-0.4, -0.2) is 6.34 Å². The predicted octanol–water partition coefficient (Wildman–Crippen LogP) is 1.31. The fraction of sp³-hybridized carbons (Fsp3) is 0.167. The first kappa shape index (κ1) is 5.88. The molecule has 1 aromatic rings. The number of nitrogens with one attached hydrogen (secondary N) is 1. The molecule has 2 heterocycles. The molecule has 52 valence electrons. The number of aliphatic imine (C=N–C) groups is 1. The van der Waals surface area contributed by atoms with E-state index < -0.39 is 0 Å². The van der Waals surface area contributed by atoms with E-state index >= 15 is 0 Å². The van der Waals surface area contributed by atoms with Gasteiger partial charge in [-0.15, -0.1) is 0 Å². The van der Waals surface area contributed by atoms with E-state index in [9.17, 15) is 0 Å². The Morgan fingerprint density at radius 3 is 3.30 bits per heavy atom. The molecule has 1 unspecified atom stereocenters. The van der Waals surface area contributed by atoms with Gasteiger partial charge in [-0.2, -0.15) is 11.3 Å². The lowest BCUT2D eigenvalue weighted by atomic mass is 10.3. The molecule has 0 saturated heterocycles. The first-order chi connectivity index (χ1) is 4.97. The Balaban J connectivity index is 2.20. The zero-order valence-corrected chi connectivity index (χ0v) is 5.97. The molecule has 1 aromatic heterocycles. The van der Waals surface area contributed by atoms with E-state index in [0.717, 1.165) is 5.56 Å². The second-order valence-electron chi connectivity index (χ2n) is 1.92. The first-order valence-electron chi connectivity index (χ1n) is 2.92. The summed E-state index contributed by atoms with van der Waals surface area (Å²) in [6, 6.07) is 2.00. The van der Waals surface area contributed by atoms with Gasteiger partial charge in [0.2, 0.25) is 6.23 Å². The van der Waals surface area contributed by atoms with Gasteiger partial charge in [-0.3, -0.25) is 5.48 Å². The van der Waals surface area contributed by atoms with Gasteiger partial charge in [-0.1, -0.05) is 0 Å². The molecular weight excluding hydrogens is 148 g/mol. The molecule has 0 saturated carbocycles. The Hall–Kier alpha value is -0.870. The Morgan fingerprint density at radius 2 is 2.70 bits per heavy atom. The van der Waals surface area contributed by atoms with Crippen molar-refractivity contribution in [2.24, 2.45) is 4.99 Å². The maximum Gasteiger partial charge on any atom is 0.202 e. The second-order valence-corrected chi connectivity index (χ2v) is 2.70. The summed E-state index contributed by atoms with van der Waals surface area (Å²) in [5.41, 5.74) is 3.68. The zero-order chi connectivity index (χ0) is 6.81. The van der Waals surface area contributed by atoms with Crippen LogP contribution in [0.2, 0.25) is 0 Å². The minimum Gasteiger partial charge on any atom is -0.253 e. The molecule has 0 radical (unpaired) electrons. The van der Waals surface area contributed by atoms with Crippen LogP contribution in [0.25, 0.3) is 0 Å². The van der Waals surface area contributed by atoms with Crippen LogP contribution in [0.5, 0.6) is 0 Å². The van der Waals surface area contributed by atoms with E-state index in [-0.39, 0.29) is 6.23 Å². The average Bonchev–Trinajstić information content (AvgIpc) is 2.59. The summed E-state index contributed by atoms with van der Waals surface area (Å²) in [6.45, 7) is 0. The van der Waals surface area contributed by atoms with Crippen molar-refractivity contribution in [3.8, 4) is 0 Å². The molecule has 0 amide bonds. The van der Waals surface area contributed by atoms with Crippen LogP contribution in [0.15, 0.2) is 21.8 Å². The molecule has 3 nitrogen and oxygen atoms in total. The molecule has 0 spiro atoms. The molecule has 0 aliphatic carbocycles. The molecule has 1 aliphatic rings. The van der Waals surface area contributed by atoms with Gasteiger partial charge in [0.15, 0.2) is 0 Å². The van der Waals surface area contributed by atoms with Gasteiger partial charge in [0, 0.05) is 5.56 Å². The molecule has 2 rings (SSSR count). The van der Waals surface area contributed by atoms with Crippen molar-refractivity contribution in [3.63, 3.8) is 0 Å². The second kappa shape index (κ2) is 2.40. The topological polar surface area (TPSA) is 33.6 Å². The van der Waals surface area contributed by atoms with Crippen LogP contribution >= 0.6 is 11.3 Å². The quantitative estimate of drug-likeness (QED) is 0.661. The number of rotatable bonds is 1. The summed E-state index contributed by atoms with van der Waals surface area (Å²) in [7, 11) is 0. The van der Waals surface area contributed by atoms with Crippen molar-refractivity contribution in [1.82, 2.24) is 5.48 Å². The van der Waals surface area contributed by atoms with E-state index in [2.05, 4.69) is 10.5 Å². The highest BCUT2D eigenvalue weighted by atomic mass is 32.1. The Bertz CT molecular complexity index is 232. The molecule has 0 fully saturated rings. The highest BCUT2D eigenvalue weighted by Gasteiger charge is 2.12. The first-order valence-corrected chi connectivity index (χ1v) is 3.86. The maximum absolute atomic E-state index is 5.03. The largest absolute Gasteiger partial charge is 0.253 e. The summed E-state index contributed by atoms with van der Waals surface area (Å²) in [6.07, 6.45) is 1.42. The van der Waals surface area contributed by atoms with E-state index in [1.54, 1.807) is 17.7 Å². The van der Waals surface area contributed by atoms with Gasteiger partial charge < -0.3 is 0 Å². The molecule has 0 aromatic carbocycles. The van der Waals surface area contributed by atoms with Gasteiger partial charge in [0.25, 0.3) is 0 Å². The molecule has 1 atom stereocenters. The zero-order valence-electron chi connectivity index (χ0n) is 5.15. The van der Waals surface area contributed by atoms with E-state index in [0.29, 0.717) is 0 Å². The third kappa shape index (κ3) is 0.913. The fourth-order valence-corrected chi connectivity index (χ4v) is 1.46. The highest BCUT2D eigenvalue weighted by Crippen LogP contribution is 2.21. The molecule has 1 N–H and O–H groups in total. The smallest absolute Gasteiger partial charge is 0.202 e. The third-order valence-corrected chi connectivity index (χ3v) is 1.97. The minimum absolute atomic E-state index is 0.133. The predicted molar refractivity (Wildman–Crippen MR) is 39.8 cm³/mol. The van der Waals surface area contributed by atoms with Crippen molar-refractivity contribution in [2.45, 2.75) is 6.23 Å². The SMILES string of the molecule is C1=NC(c2ccsc2)ON1. The van der Waals surface area contributed by atoms with Gasteiger partial charge in [0.1, 0.15) is 6.34 Å². The average molecular weight is 154 g/mol. The van der Waals surface area contributed by atoms with Gasteiger partial charge in [-0.05, 0) is 16.8 Å². The van der Waals surface area contributed by atoms with Crippen molar-refractivity contribution in [2.75, 3.05) is 0 Å². The number of nitrogens with zero attached hydrogens (tertiary/aromatic N) is 1. The van der Waals surface area contributed by atoms with Crippen molar-refractivity contribution in [1.29, 1.82) is 0 Å². The van der Waals surface area contributed by atoms with Gasteiger partial charge in [0.05, 0.1) is 0 Å². The Kier molecular flexibility index (Phi) is 1.41. The normalized spacial score (nSPS) is 23.0. The minimum atomic E-state index is -0.133. The summed E-state index contributed by atoms with van der Waals surface area (Å²) >= 11 is 1.64. The van der Waals surface area contributed by atoms with Crippen molar-refractivity contribution in [3.05, 3.63) is 22.4 Å². The molecule has 1 aliphatic heterocycles. The van der Waals surface area contributed by atoms with Crippen LogP contribution in [0.1, 0.15) is 11.8 Å². The fourth-order valence-electron chi connectivity index (χ4n) is 0.793. The van der Waals surface area contributed by atoms with E-state index in [4.69, 9.17) is 4.84 Å². The number of hydrogen-bond donors (Lipinski definition) is 1. The summed E-state index contributed by atoms with van der Waals surface area (Å²) in [4.78, 5) is 9.06. The van der Waals surface area contributed by atoms with Crippen molar-refractivity contribution >= 4 is 17.7 Å². The maximum atomic E-state index is 5.03. The lowest BCUT2D eigenvalue weighted by molar-refractivity contribution is 0.0391. The monoisotopic (exact) mass is 154 g/mol. The van der Waals surface area contributed by atoms with Crippen LogP contribution < -0.4 is 5.48 Å². The van der Waals surface area contributed by atoms with Gasteiger partial charge in [-0.25, -0.2) is 9.83 Å². The summed E-state index contributed by atoms with van der Waals surface area (Å²) in [5.74, 6) is 0. The highest BCUT2D eigenvalue weighted by molar-refractivity contribution is 7.07. The summed E-state index contributed by atoms with van der Waals surface area (Å²) < 4.78 is 0. The Labute approximate surface area is 62.3 Å². The standard InChI is InChI=1S/C6H6N2OS/c1-2-10-3-5(1)6-7-4-8-9-6/h1-4,6H,(H,7,8). The van der Waals surface area contributed by atoms with E-state index in [1.165, 1.54) is 0 Å². The lowest BCUT2D eigenvalue weighted by Crippen LogP contribution is -2.05. The molecule has 0 bridgehead atoms. The van der Waals surface area contributed by atoms with Gasteiger partial charge >= 0.3 is 0 Å². The molecule has 10 heavy (non-hydrogen) atoms. The van der Waals surface area contributed by atoms with Crippen LogP contribution in [-0.2, 0) is 4.84 Å². The summed E-state index contributed by atoms with van der Waals surface area (Å²) in [5, 5.41) is 4.03. The van der Waals surface area contributed by atoms with Crippen LogP contribution in [0, 0.1) is 0 Å². The van der Waals surface area contributed by atoms with Crippen LogP contribution in [0.3, 0.4) is 0 Å². The lowest BCUT2D eigenvalue weighted by Gasteiger charge is -2.00. The van der Waals surface area contributed by atoms with Crippen LogP contribution in [0.4, 0.5) is 0 Å². The van der Waals surface area contributed by atoms with Crippen molar-refractivity contribution < 1.29 is 4.84 Å². The third-order valence-electron chi connectivity index (χ3n) is 1.27. The molecule has 4 heteroatoms. The van der Waals surface area contributed by atoms with E-state index in [1.807, 2.05) is 16.8 Å². The number of hydrogen-bond acceptors (Lipinski definition) is 4. The number of thiophene rings is 1.